The standard InChI is InChI=1S/C17H21N3O/c1-10-7-11(2)16(12(3)8-10)21-17-15-14(9-13(4)20-17)18-5-6-19-15/h7-9,18-19H,5-6H2,1-4H3. The van der Waals surface area contributed by atoms with Crippen LogP contribution in [-0.4, -0.2) is 18.1 Å². The van der Waals surface area contributed by atoms with Gasteiger partial charge in [-0.05, 0) is 44.9 Å². The third-order valence-electron chi connectivity index (χ3n) is 3.66. The van der Waals surface area contributed by atoms with Gasteiger partial charge in [-0.15, -0.1) is 0 Å². The highest BCUT2D eigenvalue weighted by Gasteiger charge is 2.18. The molecule has 1 aliphatic heterocycles. The third kappa shape index (κ3) is 2.66. The number of rotatable bonds is 2. The second kappa shape index (κ2) is 5.28. The third-order valence-corrected chi connectivity index (χ3v) is 3.66. The van der Waals surface area contributed by atoms with Crippen molar-refractivity contribution < 1.29 is 4.74 Å². The molecule has 0 saturated carbocycles. The molecular weight excluding hydrogens is 262 g/mol. The number of nitrogens with zero attached hydrogens (tertiary/aromatic N) is 1. The fraction of sp³-hybridized carbons (Fsp3) is 0.353. The van der Waals surface area contributed by atoms with Crippen LogP contribution in [0.15, 0.2) is 18.2 Å². The maximum Gasteiger partial charge on any atom is 0.245 e. The van der Waals surface area contributed by atoms with Crippen LogP contribution >= 0.6 is 0 Å². The Morgan fingerprint density at radius 1 is 0.952 bits per heavy atom. The smallest absolute Gasteiger partial charge is 0.245 e. The first-order valence-corrected chi connectivity index (χ1v) is 7.29. The summed E-state index contributed by atoms with van der Waals surface area (Å²) >= 11 is 0. The second-order valence-corrected chi connectivity index (χ2v) is 5.67. The van der Waals surface area contributed by atoms with Crippen LogP contribution in [0, 0.1) is 27.7 Å². The van der Waals surface area contributed by atoms with E-state index in [0.717, 1.165) is 47.0 Å². The Bertz CT molecular complexity index is 672. The van der Waals surface area contributed by atoms with Crippen LogP contribution in [0.3, 0.4) is 0 Å². The predicted octanol–water partition coefficient (Wildman–Crippen LogP) is 3.94. The van der Waals surface area contributed by atoms with E-state index in [1.54, 1.807) is 0 Å². The van der Waals surface area contributed by atoms with Crippen LogP contribution in [0.1, 0.15) is 22.4 Å². The number of pyridine rings is 1. The highest BCUT2D eigenvalue weighted by molar-refractivity contribution is 5.76. The molecule has 110 valence electrons. The van der Waals surface area contributed by atoms with Crippen molar-refractivity contribution in [2.24, 2.45) is 0 Å². The lowest BCUT2D eigenvalue weighted by Gasteiger charge is -2.23. The molecule has 2 aromatic rings. The van der Waals surface area contributed by atoms with E-state index in [4.69, 9.17) is 4.74 Å². The molecule has 2 heterocycles. The predicted molar refractivity (Wildman–Crippen MR) is 86.7 cm³/mol. The summed E-state index contributed by atoms with van der Waals surface area (Å²) in [5, 5.41) is 6.76. The van der Waals surface area contributed by atoms with Crippen LogP contribution < -0.4 is 15.4 Å². The number of aromatic nitrogens is 1. The zero-order chi connectivity index (χ0) is 15.0. The molecule has 0 spiro atoms. The van der Waals surface area contributed by atoms with Crippen molar-refractivity contribution in [3.63, 3.8) is 0 Å². The van der Waals surface area contributed by atoms with Crippen molar-refractivity contribution >= 4 is 11.4 Å². The van der Waals surface area contributed by atoms with E-state index in [-0.39, 0.29) is 0 Å². The first-order chi connectivity index (χ1) is 10.0. The van der Waals surface area contributed by atoms with Crippen LogP contribution in [0.4, 0.5) is 11.4 Å². The van der Waals surface area contributed by atoms with Gasteiger partial charge in [0.2, 0.25) is 5.88 Å². The van der Waals surface area contributed by atoms with Crippen LogP contribution in [-0.2, 0) is 0 Å². The van der Waals surface area contributed by atoms with Crippen molar-refractivity contribution in [1.29, 1.82) is 0 Å². The van der Waals surface area contributed by atoms with Gasteiger partial charge in [0.05, 0.1) is 5.69 Å². The summed E-state index contributed by atoms with van der Waals surface area (Å²) in [5.74, 6) is 1.54. The zero-order valence-electron chi connectivity index (χ0n) is 13.0. The molecule has 4 nitrogen and oxygen atoms in total. The van der Waals surface area contributed by atoms with E-state index in [0.29, 0.717) is 5.88 Å². The number of nitrogens with one attached hydrogen (secondary N) is 2. The number of fused-ring (bicyclic) bond motifs is 1. The molecule has 0 amide bonds. The Hall–Kier alpha value is -2.23. The fourth-order valence-corrected chi connectivity index (χ4v) is 2.84. The van der Waals surface area contributed by atoms with Crippen molar-refractivity contribution in [2.45, 2.75) is 27.7 Å². The maximum atomic E-state index is 6.16. The lowest BCUT2D eigenvalue weighted by molar-refractivity contribution is 0.456. The van der Waals surface area contributed by atoms with Gasteiger partial charge in [-0.2, -0.15) is 0 Å². The molecule has 0 aliphatic carbocycles. The number of hydrogen-bond donors (Lipinski definition) is 2. The molecule has 3 rings (SSSR count). The quantitative estimate of drug-likeness (QED) is 0.876. The van der Waals surface area contributed by atoms with Gasteiger partial charge in [-0.25, -0.2) is 4.98 Å². The molecule has 0 radical (unpaired) electrons. The minimum atomic E-state index is 0.646. The molecule has 0 saturated heterocycles. The average Bonchev–Trinajstić information content (AvgIpc) is 2.42. The minimum Gasteiger partial charge on any atom is -0.436 e. The maximum absolute atomic E-state index is 6.16. The minimum absolute atomic E-state index is 0.646. The first kappa shape index (κ1) is 13.7. The summed E-state index contributed by atoms with van der Waals surface area (Å²) in [7, 11) is 0. The number of benzene rings is 1. The van der Waals surface area contributed by atoms with Gasteiger partial charge in [0.25, 0.3) is 0 Å². The topological polar surface area (TPSA) is 46.2 Å². The Morgan fingerprint density at radius 3 is 2.33 bits per heavy atom. The molecule has 4 heteroatoms. The highest BCUT2D eigenvalue weighted by atomic mass is 16.5. The van der Waals surface area contributed by atoms with Crippen LogP contribution in [0.2, 0.25) is 0 Å². The molecule has 0 bridgehead atoms. The van der Waals surface area contributed by atoms with E-state index in [2.05, 4.69) is 48.5 Å². The molecule has 21 heavy (non-hydrogen) atoms. The van der Waals surface area contributed by atoms with Crippen LogP contribution in [0.5, 0.6) is 11.6 Å². The lowest BCUT2D eigenvalue weighted by atomic mass is 10.1. The van der Waals surface area contributed by atoms with Gasteiger partial charge in [-0.1, -0.05) is 17.7 Å². The van der Waals surface area contributed by atoms with Crippen molar-refractivity contribution in [3.05, 3.63) is 40.6 Å². The molecule has 0 unspecified atom stereocenters. The normalized spacial score (nSPS) is 13.1. The summed E-state index contributed by atoms with van der Waals surface area (Å²) < 4.78 is 6.16. The molecule has 1 aromatic heterocycles. The summed E-state index contributed by atoms with van der Waals surface area (Å²) in [6.45, 7) is 10.0. The van der Waals surface area contributed by atoms with Gasteiger partial charge in [0, 0.05) is 18.8 Å². The average molecular weight is 283 g/mol. The SMILES string of the molecule is Cc1cc(C)c(Oc2nc(C)cc3c2NCCN3)c(C)c1. The zero-order valence-corrected chi connectivity index (χ0v) is 13.0. The lowest BCUT2D eigenvalue weighted by Crippen LogP contribution is -2.21. The Morgan fingerprint density at radius 2 is 1.62 bits per heavy atom. The van der Waals surface area contributed by atoms with Gasteiger partial charge >= 0.3 is 0 Å². The molecule has 1 aliphatic rings. The largest absolute Gasteiger partial charge is 0.436 e. The Labute approximate surface area is 125 Å². The van der Waals surface area contributed by atoms with Gasteiger partial charge in [0.1, 0.15) is 11.4 Å². The monoisotopic (exact) mass is 283 g/mol. The molecule has 1 aromatic carbocycles. The molecule has 0 atom stereocenters. The van der Waals surface area contributed by atoms with Crippen LogP contribution in [0.25, 0.3) is 0 Å². The first-order valence-electron chi connectivity index (χ1n) is 7.29. The Balaban J connectivity index is 2.04. The number of hydrogen-bond acceptors (Lipinski definition) is 4. The van der Waals surface area contributed by atoms with E-state index >= 15 is 0 Å². The van der Waals surface area contributed by atoms with E-state index < -0.39 is 0 Å². The van der Waals surface area contributed by atoms with Crippen molar-refractivity contribution in [3.8, 4) is 11.6 Å². The van der Waals surface area contributed by atoms with E-state index in [1.165, 1.54) is 5.56 Å². The van der Waals surface area contributed by atoms with Gasteiger partial charge < -0.3 is 15.4 Å². The van der Waals surface area contributed by atoms with Crippen molar-refractivity contribution in [2.75, 3.05) is 23.7 Å². The fourth-order valence-electron chi connectivity index (χ4n) is 2.84. The number of ether oxygens (including phenoxy) is 1. The second-order valence-electron chi connectivity index (χ2n) is 5.67. The van der Waals surface area contributed by atoms with E-state index in [9.17, 15) is 0 Å². The van der Waals surface area contributed by atoms with Gasteiger partial charge in [-0.3, -0.25) is 0 Å². The summed E-state index contributed by atoms with van der Waals surface area (Å²) in [4.78, 5) is 4.56. The van der Waals surface area contributed by atoms with Crippen molar-refractivity contribution in [1.82, 2.24) is 4.98 Å². The highest BCUT2D eigenvalue weighted by Crippen LogP contribution is 2.38. The number of anilines is 2. The summed E-state index contributed by atoms with van der Waals surface area (Å²) in [6, 6.07) is 6.32. The van der Waals surface area contributed by atoms with E-state index in [1.807, 2.05) is 13.0 Å². The summed E-state index contributed by atoms with van der Waals surface area (Å²) in [6.07, 6.45) is 0. The molecular formula is C17H21N3O. The summed E-state index contributed by atoms with van der Waals surface area (Å²) in [5.41, 5.74) is 6.47. The number of aryl methyl sites for hydroxylation is 4. The Kier molecular flexibility index (Phi) is 3.45. The molecule has 2 N–H and O–H groups in total. The van der Waals surface area contributed by atoms with Gasteiger partial charge in [0.15, 0.2) is 0 Å². The molecule has 0 fully saturated rings.